The number of carbonyl (C=O) groups is 1. The number of ether oxygens (including phenoxy) is 1. The normalized spacial score (nSPS) is 18.6. The highest BCUT2D eigenvalue weighted by atomic mass is 32.2. The van der Waals surface area contributed by atoms with Crippen molar-refractivity contribution in [2.45, 2.75) is 25.2 Å². The molecule has 1 amide bonds. The first-order chi connectivity index (χ1) is 10.4. The number of nitrogens with one attached hydrogen (secondary N) is 1. The summed E-state index contributed by atoms with van der Waals surface area (Å²) in [5, 5.41) is 0. The average Bonchev–Trinajstić information content (AvgIpc) is 3.18. The van der Waals surface area contributed by atoms with E-state index in [2.05, 4.69) is 0 Å². The van der Waals surface area contributed by atoms with Gasteiger partial charge in [0.1, 0.15) is 11.6 Å². The lowest BCUT2D eigenvalue weighted by Gasteiger charge is -2.29. The molecule has 1 aromatic rings. The minimum Gasteiger partial charge on any atom is -0.496 e. The van der Waals surface area contributed by atoms with Gasteiger partial charge in [-0.3, -0.25) is 4.79 Å². The van der Waals surface area contributed by atoms with E-state index >= 15 is 0 Å². The Morgan fingerprint density at radius 3 is 2.55 bits per heavy atom. The molecule has 2 aliphatic rings. The summed E-state index contributed by atoms with van der Waals surface area (Å²) in [6, 6.07) is 2.53. The molecular formula is C14H17FN2O4S. The standard InChI is InChI=1S/C14H17FN2O4S/c1-21-13-8-12(15)11(7-10(13)9-3-4-9)14(18)16-22(19,20)17-5-2-6-17/h7-9H,2-6H2,1H3,(H,16,18). The Balaban J connectivity index is 1.87. The van der Waals surface area contributed by atoms with Crippen LogP contribution in [-0.4, -0.2) is 38.8 Å². The van der Waals surface area contributed by atoms with E-state index in [1.807, 2.05) is 4.72 Å². The Labute approximate surface area is 128 Å². The molecule has 120 valence electrons. The van der Waals surface area contributed by atoms with E-state index in [1.54, 1.807) is 0 Å². The molecule has 22 heavy (non-hydrogen) atoms. The zero-order valence-corrected chi connectivity index (χ0v) is 13.0. The van der Waals surface area contributed by atoms with Gasteiger partial charge in [0.05, 0.1) is 12.7 Å². The fourth-order valence-electron chi connectivity index (χ4n) is 2.40. The van der Waals surface area contributed by atoms with Crippen molar-refractivity contribution in [3.8, 4) is 5.75 Å². The summed E-state index contributed by atoms with van der Waals surface area (Å²) in [6.45, 7) is 0.752. The summed E-state index contributed by atoms with van der Waals surface area (Å²) >= 11 is 0. The van der Waals surface area contributed by atoms with Crippen molar-refractivity contribution in [1.29, 1.82) is 0 Å². The molecule has 0 spiro atoms. The summed E-state index contributed by atoms with van der Waals surface area (Å²) in [6.07, 6.45) is 2.67. The van der Waals surface area contributed by atoms with Crippen LogP contribution < -0.4 is 9.46 Å². The molecule has 1 aromatic carbocycles. The Morgan fingerprint density at radius 1 is 1.36 bits per heavy atom. The average molecular weight is 328 g/mol. The van der Waals surface area contributed by atoms with Gasteiger partial charge in [0.15, 0.2) is 0 Å². The smallest absolute Gasteiger partial charge is 0.304 e. The van der Waals surface area contributed by atoms with Crippen molar-refractivity contribution in [1.82, 2.24) is 9.03 Å². The zero-order valence-electron chi connectivity index (χ0n) is 12.1. The first-order valence-electron chi connectivity index (χ1n) is 7.12. The quantitative estimate of drug-likeness (QED) is 0.886. The summed E-state index contributed by atoms with van der Waals surface area (Å²) in [5.41, 5.74) is 0.474. The van der Waals surface area contributed by atoms with Crippen molar-refractivity contribution >= 4 is 16.1 Å². The molecule has 1 aliphatic carbocycles. The van der Waals surface area contributed by atoms with Gasteiger partial charge in [-0.1, -0.05) is 0 Å². The number of methoxy groups -OCH3 is 1. The third kappa shape index (κ3) is 2.80. The van der Waals surface area contributed by atoms with Crippen LogP contribution >= 0.6 is 0 Å². The van der Waals surface area contributed by atoms with Crippen LogP contribution in [0, 0.1) is 5.82 Å². The molecule has 0 aromatic heterocycles. The monoisotopic (exact) mass is 328 g/mol. The highest BCUT2D eigenvalue weighted by molar-refractivity contribution is 7.87. The summed E-state index contributed by atoms with van der Waals surface area (Å²) in [7, 11) is -2.45. The second kappa shape index (κ2) is 5.51. The second-order valence-electron chi connectivity index (χ2n) is 5.54. The van der Waals surface area contributed by atoms with Gasteiger partial charge in [0.2, 0.25) is 0 Å². The number of benzene rings is 1. The largest absolute Gasteiger partial charge is 0.496 e. The molecule has 0 radical (unpaired) electrons. The van der Waals surface area contributed by atoms with Gasteiger partial charge >= 0.3 is 10.2 Å². The highest BCUT2D eigenvalue weighted by Crippen LogP contribution is 2.45. The van der Waals surface area contributed by atoms with E-state index in [0.717, 1.165) is 35.2 Å². The van der Waals surface area contributed by atoms with Crippen molar-refractivity contribution < 1.29 is 22.3 Å². The van der Waals surface area contributed by atoms with Crippen molar-refractivity contribution in [2.24, 2.45) is 0 Å². The minimum atomic E-state index is -3.88. The van der Waals surface area contributed by atoms with Crippen LogP contribution in [0.2, 0.25) is 0 Å². The second-order valence-corrected chi connectivity index (χ2v) is 7.21. The molecule has 1 aliphatic heterocycles. The van der Waals surface area contributed by atoms with Crippen LogP contribution in [0.25, 0.3) is 0 Å². The Bertz CT molecular complexity index is 712. The molecule has 2 fully saturated rings. The lowest BCUT2D eigenvalue weighted by atomic mass is 10.0. The van der Waals surface area contributed by atoms with Gasteiger partial charge < -0.3 is 4.74 Å². The molecule has 0 atom stereocenters. The first kappa shape index (κ1) is 15.2. The molecule has 1 N–H and O–H groups in total. The molecule has 6 nitrogen and oxygen atoms in total. The molecule has 1 saturated heterocycles. The Kier molecular flexibility index (Phi) is 3.82. The van der Waals surface area contributed by atoms with E-state index in [1.165, 1.54) is 13.2 Å². The van der Waals surface area contributed by atoms with Crippen LogP contribution in [0.1, 0.15) is 41.1 Å². The van der Waals surface area contributed by atoms with E-state index < -0.39 is 21.9 Å². The topological polar surface area (TPSA) is 75.7 Å². The third-order valence-electron chi connectivity index (χ3n) is 3.96. The molecule has 0 bridgehead atoms. The predicted octanol–water partition coefficient (Wildman–Crippen LogP) is 1.39. The summed E-state index contributed by atoms with van der Waals surface area (Å²) in [4.78, 5) is 12.1. The van der Waals surface area contributed by atoms with Crippen LogP contribution in [0.5, 0.6) is 5.75 Å². The number of carbonyl (C=O) groups excluding carboxylic acids is 1. The molecule has 3 rings (SSSR count). The van der Waals surface area contributed by atoms with E-state index in [4.69, 9.17) is 4.74 Å². The maximum Gasteiger partial charge on any atom is 0.304 e. The molecule has 1 heterocycles. The number of nitrogens with zero attached hydrogens (tertiary/aromatic N) is 1. The molecule has 8 heteroatoms. The van der Waals surface area contributed by atoms with Gasteiger partial charge in [-0.2, -0.15) is 12.7 Å². The lowest BCUT2D eigenvalue weighted by Crippen LogP contribution is -2.49. The van der Waals surface area contributed by atoms with Crippen LogP contribution in [0.4, 0.5) is 4.39 Å². The van der Waals surface area contributed by atoms with Crippen LogP contribution in [-0.2, 0) is 10.2 Å². The Morgan fingerprint density at radius 2 is 2.05 bits per heavy atom. The number of halogens is 1. The van der Waals surface area contributed by atoms with Gasteiger partial charge in [0.25, 0.3) is 5.91 Å². The minimum absolute atomic E-state index is 0.245. The number of rotatable bonds is 5. The van der Waals surface area contributed by atoms with Crippen LogP contribution in [0.15, 0.2) is 12.1 Å². The van der Waals surface area contributed by atoms with Gasteiger partial charge in [0, 0.05) is 19.2 Å². The van der Waals surface area contributed by atoms with Gasteiger partial charge in [-0.05, 0) is 36.8 Å². The summed E-state index contributed by atoms with van der Waals surface area (Å²) in [5.74, 6) is -1.11. The van der Waals surface area contributed by atoms with Crippen molar-refractivity contribution in [2.75, 3.05) is 20.2 Å². The van der Waals surface area contributed by atoms with Gasteiger partial charge in [-0.15, -0.1) is 0 Å². The lowest BCUT2D eigenvalue weighted by molar-refractivity contribution is 0.0973. The molecular weight excluding hydrogens is 311 g/mol. The third-order valence-corrected chi connectivity index (χ3v) is 5.45. The molecule has 0 unspecified atom stereocenters. The number of amides is 1. The molecule has 1 saturated carbocycles. The Hall–Kier alpha value is -1.67. The maximum absolute atomic E-state index is 14.1. The first-order valence-corrected chi connectivity index (χ1v) is 8.56. The van der Waals surface area contributed by atoms with Crippen molar-refractivity contribution in [3.63, 3.8) is 0 Å². The number of hydrogen-bond donors (Lipinski definition) is 1. The van der Waals surface area contributed by atoms with Gasteiger partial charge in [-0.25, -0.2) is 9.11 Å². The zero-order chi connectivity index (χ0) is 15.9. The maximum atomic E-state index is 14.1. The van der Waals surface area contributed by atoms with E-state index in [9.17, 15) is 17.6 Å². The van der Waals surface area contributed by atoms with E-state index in [0.29, 0.717) is 18.8 Å². The fraction of sp³-hybridized carbons (Fsp3) is 0.500. The van der Waals surface area contributed by atoms with E-state index in [-0.39, 0.29) is 11.5 Å². The highest BCUT2D eigenvalue weighted by Gasteiger charge is 2.32. The van der Waals surface area contributed by atoms with Crippen LogP contribution in [0.3, 0.4) is 0 Å². The number of hydrogen-bond acceptors (Lipinski definition) is 4. The summed E-state index contributed by atoms with van der Waals surface area (Å²) < 4.78 is 46.1. The SMILES string of the molecule is COc1cc(F)c(C(=O)NS(=O)(=O)N2CCC2)cc1C1CC1. The fourth-order valence-corrected chi connectivity index (χ4v) is 3.61. The van der Waals surface area contributed by atoms with Crippen molar-refractivity contribution in [3.05, 3.63) is 29.1 Å². The predicted molar refractivity (Wildman–Crippen MR) is 77.5 cm³/mol.